The number of nitrogens with one attached hydrogen (secondary N) is 1. The van der Waals surface area contributed by atoms with E-state index in [0.29, 0.717) is 21.5 Å². The van der Waals surface area contributed by atoms with Crippen LogP contribution in [0.15, 0.2) is 6.33 Å². The van der Waals surface area contributed by atoms with E-state index in [1.165, 1.54) is 37.1 Å². The van der Waals surface area contributed by atoms with E-state index in [4.69, 9.17) is 0 Å². The van der Waals surface area contributed by atoms with Crippen molar-refractivity contribution in [3.63, 3.8) is 0 Å². The standard InChI is InChI=1S/C15H26Br2N2/c1-5-7-12(10(3)16)14-15(19-9-18-14)13(8-6-2)11(4)17/h9-13H,5-8H2,1-4H3,(H,18,19). The molecule has 0 bridgehead atoms. The Morgan fingerprint density at radius 2 is 1.58 bits per heavy atom. The summed E-state index contributed by atoms with van der Waals surface area (Å²) in [5.74, 6) is 1.02. The molecule has 0 aliphatic carbocycles. The van der Waals surface area contributed by atoms with Gasteiger partial charge in [0.25, 0.3) is 0 Å². The van der Waals surface area contributed by atoms with Gasteiger partial charge in [-0.05, 0) is 12.8 Å². The number of hydrogen-bond acceptors (Lipinski definition) is 1. The molecule has 0 amide bonds. The maximum absolute atomic E-state index is 4.64. The Bertz CT molecular complexity index is 328. The molecule has 1 N–H and O–H groups in total. The summed E-state index contributed by atoms with van der Waals surface area (Å²) in [6.07, 6.45) is 6.62. The lowest BCUT2D eigenvalue weighted by molar-refractivity contribution is 0.557. The summed E-state index contributed by atoms with van der Waals surface area (Å²) >= 11 is 7.52. The maximum Gasteiger partial charge on any atom is 0.0925 e. The first-order valence-electron chi connectivity index (χ1n) is 7.34. The van der Waals surface area contributed by atoms with Crippen LogP contribution >= 0.6 is 31.9 Å². The van der Waals surface area contributed by atoms with E-state index in [-0.39, 0.29) is 0 Å². The molecule has 1 rings (SSSR count). The number of aromatic amines is 1. The van der Waals surface area contributed by atoms with Gasteiger partial charge in [-0.3, -0.25) is 0 Å². The van der Waals surface area contributed by atoms with Crippen LogP contribution < -0.4 is 0 Å². The Kier molecular flexibility index (Phi) is 7.66. The predicted molar refractivity (Wildman–Crippen MR) is 90.7 cm³/mol. The fourth-order valence-corrected chi connectivity index (χ4v) is 3.76. The Morgan fingerprint density at radius 1 is 1.05 bits per heavy atom. The first-order valence-corrected chi connectivity index (χ1v) is 9.17. The monoisotopic (exact) mass is 392 g/mol. The minimum atomic E-state index is 0.461. The minimum Gasteiger partial charge on any atom is -0.348 e. The van der Waals surface area contributed by atoms with E-state index < -0.39 is 0 Å². The second-order valence-corrected chi connectivity index (χ2v) is 8.24. The Morgan fingerprint density at radius 3 is 2.05 bits per heavy atom. The zero-order chi connectivity index (χ0) is 14.4. The molecule has 0 aliphatic heterocycles. The molecule has 110 valence electrons. The van der Waals surface area contributed by atoms with E-state index in [0.717, 1.165) is 0 Å². The second-order valence-electron chi connectivity index (χ2n) is 5.35. The van der Waals surface area contributed by atoms with Crippen molar-refractivity contribution >= 4 is 31.9 Å². The first-order chi connectivity index (χ1) is 9.02. The zero-order valence-electron chi connectivity index (χ0n) is 12.4. The largest absolute Gasteiger partial charge is 0.348 e. The van der Waals surface area contributed by atoms with Gasteiger partial charge < -0.3 is 4.98 Å². The summed E-state index contributed by atoms with van der Waals surface area (Å²) in [7, 11) is 0. The van der Waals surface area contributed by atoms with Gasteiger partial charge in [0.1, 0.15) is 0 Å². The lowest BCUT2D eigenvalue weighted by atomic mass is 9.88. The molecule has 0 saturated heterocycles. The number of halogens is 2. The van der Waals surface area contributed by atoms with Gasteiger partial charge in [-0.2, -0.15) is 0 Å². The van der Waals surface area contributed by atoms with Crippen LogP contribution in [0.2, 0.25) is 0 Å². The average Bonchev–Trinajstić information content (AvgIpc) is 2.80. The van der Waals surface area contributed by atoms with Gasteiger partial charge in [-0.25, -0.2) is 4.98 Å². The van der Waals surface area contributed by atoms with E-state index in [1.54, 1.807) is 0 Å². The SMILES string of the molecule is CCCC(c1nc[nH]c1C(CCC)C(C)Br)C(C)Br. The fraction of sp³-hybridized carbons (Fsp3) is 0.800. The van der Waals surface area contributed by atoms with E-state index >= 15 is 0 Å². The van der Waals surface area contributed by atoms with Crippen molar-refractivity contribution in [2.75, 3.05) is 0 Å². The molecule has 4 unspecified atom stereocenters. The number of rotatable bonds is 8. The molecule has 0 fully saturated rings. The normalized spacial score (nSPS) is 18.0. The quantitative estimate of drug-likeness (QED) is 0.560. The molecule has 0 radical (unpaired) electrons. The molecule has 2 nitrogen and oxygen atoms in total. The second kappa shape index (κ2) is 8.46. The van der Waals surface area contributed by atoms with Crippen LogP contribution in [-0.2, 0) is 0 Å². The molecule has 1 aromatic heterocycles. The summed E-state index contributed by atoms with van der Waals surface area (Å²) in [5, 5.41) is 0. The highest BCUT2D eigenvalue weighted by molar-refractivity contribution is 9.09. The van der Waals surface area contributed by atoms with Crippen molar-refractivity contribution in [2.45, 2.75) is 74.9 Å². The van der Waals surface area contributed by atoms with Crippen LogP contribution in [0, 0.1) is 0 Å². The van der Waals surface area contributed by atoms with Crippen LogP contribution in [0.5, 0.6) is 0 Å². The maximum atomic E-state index is 4.64. The smallest absolute Gasteiger partial charge is 0.0925 e. The summed E-state index contributed by atoms with van der Waals surface area (Å²) in [6, 6.07) is 0. The number of H-pyrrole nitrogens is 1. The highest BCUT2D eigenvalue weighted by atomic mass is 79.9. The molecule has 0 aromatic carbocycles. The highest BCUT2D eigenvalue weighted by Crippen LogP contribution is 2.36. The molecule has 0 spiro atoms. The van der Waals surface area contributed by atoms with Crippen LogP contribution in [0.1, 0.15) is 76.6 Å². The van der Waals surface area contributed by atoms with Crippen molar-refractivity contribution in [1.82, 2.24) is 9.97 Å². The third kappa shape index (κ3) is 4.59. The number of alkyl halides is 2. The van der Waals surface area contributed by atoms with E-state index in [1.807, 2.05) is 6.33 Å². The Hall–Kier alpha value is 0.170. The van der Waals surface area contributed by atoms with E-state index in [2.05, 4.69) is 69.5 Å². The van der Waals surface area contributed by atoms with Gasteiger partial charge in [-0.15, -0.1) is 0 Å². The highest BCUT2D eigenvalue weighted by Gasteiger charge is 2.27. The molecule has 19 heavy (non-hydrogen) atoms. The number of imidazole rings is 1. The van der Waals surface area contributed by atoms with Crippen LogP contribution in [0.25, 0.3) is 0 Å². The van der Waals surface area contributed by atoms with Gasteiger partial charge in [-0.1, -0.05) is 72.4 Å². The summed E-state index contributed by atoms with van der Waals surface area (Å²) in [6.45, 7) is 8.95. The molecule has 4 heteroatoms. The summed E-state index contributed by atoms with van der Waals surface area (Å²) < 4.78 is 0. The molecule has 0 aliphatic rings. The van der Waals surface area contributed by atoms with Crippen LogP contribution in [0.4, 0.5) is 0 Å². The van der Waals surface area contributed by atoms with Crippen molar-refractivity contribution in [3.8, 4) is 0 Å². The molecule has 1 heterocycles. The van der Waals surface area contributed by atoms with Gasteiger partial charge in [0.2, 0.25) is 0 Å². The molecular formula is C15H26Br2N2. The first kappa shape index (κ1) is 17.2. The molecule has 4 atom stereocenters. The number of nitrogens with zero attached hydrogens (tertiary/aromatic N) is 1. The van der Waals surface area contributed by atoms with Gasteiger partial charge in [0, 0.05) is 27.2 Å². The van der Waals surface area contributed by atoms with Crippen molar-refractivity contribution in [3.05, 3.63) is 17.7 Å². The third-order valence-electron chi connectivity index (χ3n) is 3.73. The number of aromatic nitrogens is 2. The average molecular weight is 394 g/mol. The minimum absolute atomic E-state index is 0.461. The van der Waals surface area contributed by atoms with E-state index in [9.17, 15) is 0 Å². The lowest BCUT2D eigenvalue weighted by Crippen LogP contribution is -2.17. The van der Waals surface area contributed by atoms with Gasteiger partial charge >= 0.3 is 0 Å². The fourth-order valence-electron chi connectivity index (χ4n) is 2.72. The third-order valence-corrected chi connectivity index (χ3v) is 5.01. The molecule has 0 saturated carbocycles. The predicted octanol–water partition coefficient (Wildman–Crippen LogP) is 5.74. The Labute approximate surface area is 134 Å². The summed E-state index contributed by atoms with van der Waals surface area (Å²) in [4.78, 5) is 8.97. The number of hydrogen-bond donors (Lipinski definition) is 1. The van der Waals surface area contributed by atoms with Crippen molar-refractivity contribution in [1.29, 1.82) is 0 Å². The topological polar surface area (TPSA) is 28.7 Å². The van der Waals surface area contributed by atoms with Crippen LogP contribution in [0.3, 0.4) is 0 Å². The molecule has 1 aromatic rings. The van der Waals surface area contributed by atoms with Crippen LogP contribution in [-0.4, -0.2) is 19.6 Å². The lowest BCUT2D eigenvalue weighted by Gasteiger charge is -2.24. The van der Waals surface area contributed by atoms with Crippen molar-refractivity contribution in [2.24, 2.45) is 0 Å². The van der Waals surface area contributed by atoms with Crippen molar-refractivity contribution < 1.29 is 0 Å². The zero-order valence-corrected chi connectivity index (χ0v) is 15.6. The Balaban J connectivity index is 3.05. The van der Waals surface area contributed by atoms with Gasteiger partial charge in [0.15, 0.2) is 0 Å². The molecular weight excluding hydrogens is 368 g/mol. The van der Waals surface area contributed by atoms with Gasteiger partial charge in [0.05, 0.1) is 12.0 Å². The summed E-state index contributed by atoms with van der Waals surface area (Å²) in [5.41, 5.74) is 2.59.